The van der Waals surface area contributed by atoms with Gasteiger partial charge in [0.05, 0.1) is 11.1 Å². The van der Waals surface area contributed by atoms with Gasteiger partial charge >= 0.3 is 6.18 Å². The number of aromatic nitrogens is 2. The van der Waals surface area contributed by atoms with E-state index in [0.29, 0.717) is 19.4 Å². The van der Waals surface area contributed by atoms with Crippen LogP contribution in [0, 0.1) is 17.3 Å². The molecule has 6 rings (SSSR count). The Labute approximate surface area is 157 Å². The molecule has 0 unspecified atom stereocenters. The summed E-state index contributed by atoms with van der Waals surface area (Å²) < 4.78 is 43.4. The Hall–Kier alpha value is -1.82. The van der Waals surface area contributed by atoms with Crippen molar-refractivity contribution in [2.45, 2.75) is 56.8 Å². The van der Waals surface area contributed by atoms with Gasteiger partial charge in [-0.3, -0.25) is 0 Å². The first kappa shape index (κ1) is 17.3. The van der Waals surface area contributed by atoms with Crippen molar-refractivity contribution in [2.24, 2.45) is 17.3 Å². The fourth-order valence-corrected chi connectivity index (χ4v) is 6.28. The van der Waals surface area contributed by atoms with Gasteiger partial charge in [-0.1, -0.05) is 12.1 Å². The Morgan fingerprint density at radius 1 is 1.07 bits per heavy atom. The first-order valence-electron chi connectivity index (χ1n) is 9.77. The Balaban J connectivity index is 1.32. The van der Waals surface area contributed by atoms with Crippen molar-refractivity contribution in [2.75, 3.05) is 0 Å². The number of rotatable bonds is 4. The molecule has 4 aliphatic rings. The molecule has 3 nitrogen and oxygen atoms in total. The van der Waals surface area contributed by atoms with E-state index in [1.54, 1.807) is 10.9 Å². The molecule has 0 amide bonds. The summed E-state index contributed by atoms with van der Waals surface area (Å²) >= 11 is 0. The molecular weight excluding hydrogens is 351 g/mol. The predicted molar refractivity (Wildman–Crippen MR) is 96.3 cm³/mol. The smallest absolute Gasteiger partial charge is 0.307 e. The van der Waals surface area contributed by atoms with E-state index in [1.165, 1.54) is 0 Å². The zero-order valence-corrected chi connectivity index (χ0v) is 15.2. The molecule has 1 aromatic heterocycles. The second-order valence-electron chi connectivity index (χ2n) is 8.99. The quantitative estimate of drug-likeness (QED) is 0.827. The zero-order valence-electron chi connectivity index (χ0n) is 15.2. The fourth-order valence-electron chi connectivity index (χ4n) is 6.28. The molecule has 0 aliphatic heterocycles. The molecule has 144 valence electrons. The highest BCUT2D eigenvalue weighted by atomic mass is 19.4. The van der Waals surface area contributed by atoms with Crippen LogP contribution in [0.15, 0.2) is 42.7 Å². The second-order valence-corrected chi connectivity index (χ2v) is 8.99. The number of hydrogen-bond donors (Lipinski definition) is 1. The van der Waals surface area contributed by atoms with Crippen molar-refractivity contribution >= 4 is 0 Å². The lowest BCUT2D eigenvalue weighted by Crippen LogP contribution is -2.65. The normalized spacial score (nSPS) is 34.9. The minimum atomic E-state index is -4.08. The zero-order chi connectivity index (χ0) is 18.7. The van der Waals surface area contributed by atoms with Crippen molar-refractivity contribution in [1.82, 2.24) is 15.1 Å². The maximum atomic E-state index is 13.9. The van der Waals surface area contributed by atoms with Gasteiger partial charge in [0.1, 0.15) is 0 Å². The average molecular weight is 375 g/mol. The van der Waals surface area contributed by atoms with Crippen LogP contribution in [0.1, 0.15) is 44.1 Å². The molecule has 1 N–H and O–H groups in total. The second kappa shape index (κ2) is 5.84. The molecule has 2 aromatic rings. The van der Waals surface area contributed by atoms with E-state index in [2.05, 4.69) is 10.4 Å². The van der Waals surface area contributed by atoms with Gasteiger partial charge in [-0.2, -0.15) is 18.3 Å². The Kier molecular flexibility index (Phi) is 3.74. The number of nitrogens with zero attached hydrogens (tertiary/aromatic N) is 2. The standard InChI is InChI=1S/C21H24F3N3/c22-21(23,24)19-9-16-8-17(10-19)12-20(11-16,14-19)25-13-15-2-4-18(5-3-15)27-7-1-6-26-27/h1-7,16-17,25H,8-14H2/t16-,17-,19?,20?/m1/s1. The number of nitrogens with one attached hydrogen (secondary N) is 1. The Bertz CT molecular complexity index is 796. The minimum absolute atomic E-state index is 0.225. The molecule has 0 radical (unpaired) electrons. The van der Waals surface area contributed by atoms with E-state index in [1.807, 2.05) is 36.5 Å². The summed E-state index contributed by atoms with van der Waals surface area (Å²) in [6, 6.07) is 9.94. The largest absolute Gasteiger partial charge is 0.394 e. The average Bonchev–Trinajstić information content (AvgIpc) is 3.13. The number of halogens is 3. The maximum Gasteiger partial charge on any atom is 0.394 e. The lowest BCUT2D eigenvalue weighted by molar-refractivity contribution is -0.278. The van der Waals surface area contributed by atoms with Crippen molar-refractivity contribution in [3.8, 4) is 5.69 Å². The fraction of sp³-hybridized carbons (Fsp3) is 0.571. The van der Waals surface area contributed by atoms with E-state index >= 15 is 0 Å². The van der Waals surface area contributed by atoms with Crippen LogP contribution in [0.3, 0.4) is 0 Å². The highest BCUT2D eigenvalue weighted by Crippen LogP contribution is 2.66. The van der Waals surface area contributed by atoms with Gasteiger partial charge < -0.3 is 5.32 Å². The first-order chi connectivity index (χ1) is 12.9. The van der Waals surface area contributed by atoms with Crippen LogP contribution in [0.4, 0.5) is 13.2 Å². The van der Waals surface area contributed by atoms with Gasteiger partial charge in [0.15, 0.2) is 0 Å². The maximum absolute atomic E-state index is 13.9. The minimum Gasteiger partial charge on any atom is -0.307 e. The van der Waals surface area contributed by atoms with E-state index in [4.69, 9.17) is 0 Å². The summed E-state index contributed by atoms with van der Waals surface area (Å²) in [4.78, 5) is 0. The third-order valence-electron chi connectivity index (χ3n) is 7.04. The lowest BCUT2D eigenvalue weighted by Gasteiger charge is -2.62. The molecule has 4 saturated carbocycles. The third-order valence-corrected chi connectivity index (χ3v) is 7.04. The van der Waals surface area contributed by atoms with E-state index in [0.717, 1.165) is 30.5 Å². The van der Waals surface area contributed by atoms with Crippen molar-refractivity contribution < 1.29 is 13.2 Å². The molecule has 1 heterocycles. The van der Waals surface area contributed by atoms with Crippen molar-refractivity contribution in [1.29, 1.82) is 0 Å². The van der Waals surface area contributed by atoms with Crippen LogP contribution >= 0.6 is 0 Å². The highest BCUT2D eigenvalue weighted by Gasteiger charge is 2.67. The van der Waals surface area contributed by atoms with Crippen LogP contribution in [-0.2, 0) is 6.54 Å². The van der Waals surface area contributed by atoms with Crippen molar-refractivity contribution in [3.05, 3.63) is 48.3 Å². The SMILES string of the molecule is FC(F)(F)C12C[C@H]3C[C@@H](CC(NCc4ccc(-n5cccn5)cc4)(C3)C1)C2. The summed E-state index contributed by atoms with van der Waals surface area (Å²) in [6.45, 7) is 0.618. The predicted octanol–water partition coefficient (Wildman–Crippen LogP) is 4.86. The number of benzene rings is 1. The number of alkyl halides is 3. The molecule has 4 aliphatic carbocycles. The first-order valence-corrected chi connectivity index (χ1v) is 9.77. The van der Waals surface area contributed by atoms with E-state index in [9.17, 15) is 13.2 Å². The Morgan fingerprint density at radius 2 is 1.78 bits per heavy atom. The van der Waals surface area contributed by atoms with E-state index in [-0.39, 0.29) is 23.8 Å². The molecule has 27 heavy (non-hydrogen) atoms. The van der Waals surface area contributed by atoms with Crippen molar-refractivity contribution in [3.63, 3.8) is 0 Å². The molecule has 6 heteroatoms. The molecule has 0 spiro atoms. The molecule has 4 fully saturated rings. The summed E-state index contributed by atoms with van der Waals surface area (Å²) in [5, 5.41) is 7.79. The van der Waals surface area contributed by atoms with Gasteiger partial charge in [0.25, 0.3) is 0 Å². The summed E-state index contributed by atoms with van der Waals surface area (Å²) in [5.74, 6) is 0.449. The summed E-state index contributed by atoms with van der Waals surface area (Å²) in [6.07, 6.45) is 3.26. The molecule has 4 bridgehead atoms. The van der Waals surface area contributed by atoms with Gasteiger partial charge in [-0.25, -0.2) is 4.68 Å². The van der Waals surface area contributed by atoms with Crippen LogP contribution in [0.25, 0.3) is 5.69 Å². The highest BCUT2D eigenvalue weighted by molar-refractivity contribution is 5.33. The van der Waals surface area contributed by atoms with Crippen LogP contribution < -0.4 is 5.32 Å². The Morgan fingerprint density at radius 3 is 2.37 bits per heavy atom. The summed E-state index contributed by atoms with van der Waals surface area (Å²) in [7, 11) is 0. The van der Waals surface area contributed by atoms with Gasteiger partial charge in [0, 0.05) is 24.5 Å². The van der Waals surface area contributed by atoms with Crippen LogP contribution in [0.2, 0.25) is 0 Å². The molecular formula is C21H24F3N3. The third kappa shape index (κ3) is 2.89. The topological polar surface area (TPSA) is 29.9 Å². The van der Waals surface area contributed by atoms with Crippen LogP contribution in [-0.4, -0.2) is 21.5 Å². The van der Waals surface area contributed by atoms with Gasteiger partial charge in [-0.05, 0) is 74.1 Å². The summed E-state index contributed by atoms with van der Waals surface area (Å²) in [5.41, 5.74) is 0.283. The van der Waals surface area contributed by atoms with Gasteiger partial charge in [-0.15, -0.1) is 0 Å². The lowest BCUT2D eigenvalue weighted by atomic mass is 9.46. The number of hydrogen-bond acceptors (Lipinski definition) is 2. The van der Waals surface area contributed by atoms with Crippen LogP contribution in [0.5, 0.6) is 0 Å². The van der Waals surface area contributed by atoms with E-state index < -0.39 is 11.6 Å². The molecule has 1 aromatic carbocycles. The monoisotopic (exact) mass is 375 g/mol. The molecule has 0 saturated heterocycles. The van der Waals surface area contributed by atoms with Gasteiger partial charge in [0.2, 0.25) is 0 Å². The molecule has 2 atom stereocenters.